The second-order valence-corrected chi connectivity index (χ2v) is 9.68. The standard InChI is InChI=1S/C27H22N2O3S/c1-15-8-9-23-17(11-15)27(31)18(14-32-23)26-25-21(28-19-5-2-3-6-20(19)29-26)12-16(13-22(25)30)24-7-4-10-33-24/h2-11,14,16,26,28-29H,12-13H2,1H3/t16-,26-/m0/s1. The lowest BCUT2D eigenvalue weighted by Gasteiger charge is -2.28. The van der Waals surface area contributed by atoms with Crippen molar-refractivity contribution >= 4 is 39.5 Å². The summed E-state index contributed by atoms with van der Waals surface area (Å²) in [5.41, 5.74) is 5.10. The highest BCUT2D eigenvalue weighted by molar-refractivity contribution is 7.10. The van der Waals surface area contributed by atoms with Crippen LogP contribution in [0.3, 0.4) is 0 Å². The van der Waals surface area contributed by atoms with Crippen LogP contribution in [0.4, 0.5) is 11.4 Å². The van der Waals surface area contributed by atoms with Gasteiger partial charge in [0.05, 0.1) is 28.4 Å². The van der Waals surface area contributed by atoms with E-state index in [1.165, 1.54) is 11.1 Å². The minimum Gasteiger partial charge on any atom is -0.464 e. The molecule has 1 aliphatic carbocycles. The molecule has 0 unspecified atom stereocenters. The van der Waals surface area contributed by atoms with E-state index in [4.69, 9.17) is 4.42 Å². The highest BCUT2D eigenvalue weighted by atomic mass is 32.1. The third kappa shape index (κ3) is 3.38. The summed E-state index contributed by atoms with van der Waals surface area (Å²) in [6.07, 6.45) is 2.65. The average Bonchev–Trinajstić information content (AvgIpc) is 3.29. The lowest BCUT2D eigenvalue weighted by atomic mass is 9.81. The third-order valence-corrected chi connectivity index (χ3v) is 7.56. The summed E-state index contributed by atoms with van der Waals surface area (Å²) in [6, 6.07) is 17.0. The van der Waals surface area contributed by atoms with Gasteiger partial charge in [0.15, 0.2) is 11.2 Å². The minimum atomic E-state index is -0.589. The zero-order chi connectivity index (χ0) is 22.5. The van der Waals surface area contributed by atoms with Crippen molar-refractivity contribution in [1.29, 1.82) is 0 Å². The number of rotatable bonds is 2. The molecule has 0 fully saturated rings. The Hall–Kier alpha value is -3.64. The molecule has 4 aromatic rings. The number of anilines is 2. The molecule has 2 aromatic heterocycles. The predicted octanol–water partition coefficient (Wildman–Crippen LogP) is 6.14. The number of aryl methyl sites for hydroxylation is 1. The summed E-state index contributed by atoms with van der Waals surface area (Å²) in [4.78, 5) is 28.4. The fourth-order valence-corrected chi connectivity index (χ4v) is 5.74. The van der Waals surface area contributed by atoms with Crippen LogP contribution in [0.2, 0.25) is 0 Å². The number of nitrogens with one attached hydrogen (secondary N) is 2. The third-order valence-electron chi connectivity index (χ3n) is 6.52. The van der Waals surface area contributed by atoms with Crippen LogP contribution < -0.4 is 16.1 Å². The lowest BCUT2D eigenvalue weighted by Crippen LogP contribution is -2.29. The Balaban J connectivity index is 1.54. The molecule has 2 aromatic carbocycles. The van der Waals surface area contributed by atoms with E-state index in [0.29, 0.717) is 34.9 Å². The Morgan fingerprint density at radius 1 is 1.00 bits per heavy atom. The van der Waals surface area contributed by atoms with Gasteiger partial charge in [0.1, 0.15) is 11.8 Å². The van der Waals surface area contributed by atoms with Crippen LogP contribution in [-0.2, 0) is 4.79 Å². The Bertz CT molecular complexity index is 1480. The summed E-state index contributed by atoms with van der Waals surface area (Å²) < 4.78 is 5.86. The number of benzene rings is 2. The number of fused-ring (bicyclic) bond motifs is 2. The van der Waals surface area contributed by atoms with Gasteiger partial charge in [-0.05, 0) is 49.1 Å². The summed E-state index contributed by atoms with van der Waals surface area (Å²) >= 11 is 1.68. The topological polar surface area (TPSA) is 71.3 Å². The molecule has 0 saturated heterocycles. The molecule has 0 radical (unpaired) electrons. The molecule has 2 atom stereocenters. The normalized spacial score (nSPS) is 20.0. The zero-order valence-corrected chi connectivity index (χ0v) is 18.9. The number of carbonyl (C=O) groups excluding carboxylic acids is 1. The van der Waals surface area contributed by atoms with Crippen LogP contribution in [0.1, 0.15) is 40.8 Å². The molecule has 6 heteroatoms. The van der Waals surface area contributed by atoms with Crippen LogP contribution in [0.15, 0.2) is 86.7 Å². The predicted molar refractivity (Wildman–Crippen MR) is 132 cm³/mol. The highest BCUT2D eigenvalue weighted by Gasteiger charge is 2.37. The van der Waals surface area contributed by atoms with Crippen molar-refractivity contribution in [2.75, 3.05) is 10.6 Å². The molecular weight excluding hydrogens is 432 g/mol. The Morgan fingerprint density at radius 3 is 2.67 bits per heavy atom. The van der Waals surface area contributed by atoms with Crippen molar-refractivity contribution in [1.82, 2.24) is 0 Å². The summed E-state index contributed by atoms with van der Waals surface area (Å²) in [5, 5.41) is 9.57. The maximum Gasteiger partial charge on any atom is 0.198 e. The van der Waals surface area contributed by atoms with E-state index in [2.05, 4.69) is 16.7 Å². The quantitative estimate of drug-likeness (QED) is 0.381. The van der Waals surface area contributed by atoms with Crippen molar-refractivity contribution in [3.8, 4) is 0 Å². The van der Waals surface area contributed by atoms with Crippen LogP contribution >= 0.6 is 11.3 Å². The van der Waals surface area contributed by atoms with Crippen LogP contribution in [0.5, 0.6) is 0 Å². The average molecular weight is 455 g/mol. The molecule has 5 nitrogen and oxygen atoms in total. The molecule has 6 rings (SSSR count). The number of hydrogen-bond acceptors (Lipinski definition) is 6. The first kappa shape index (κ1) is 20.0. The SMILES string of the molecule is Cc1ccc2occ([C@@H]3Nc4ccccc4NC4=C3C(=O)C[C@@H](c3cccs3)C4)c(=O)c2c1. The van der Waals surface area contributed by atoms with E-state index in [1.807, 2.05) is 60.8 Å². The zero-order valence-electron chi connectivity index (χ0n) is 18.1. The van der Waals surface area contributed by atoms with Crippen molar-refractivity contribution in [2.24, 2.45) is 0 Å². The van der Waals surface area contributed by atoms with Crippen molar-refractivity contribution in [3.05, 3.63) is 104 Å². The van der Waals surface area contributed by atoms with E-state index >= 15 is 0 Å². The Labute approximate surface area is 194 Å². The number of Topliss-reactive ketones (excluding diaryl/α,β-unsaturated/α-hetero) is 1. The maximum atomic E-state index is 13.6. The first-order chi connectivity index (χ1) is 16.1. The van der Waals surface area contributed by atoms with Gasteiger partial charge in [-0.1, -0.05) is 29.8 Å². The molecule has 2 aliphatic rings. The van der Waals surface area contributed by atoms with Crippen molar-refractivity contribution in [3.63, 3.8) is 0 Å². The van der Waals surface area contributed by atoms with Gasteiger partial charge in [-0.15, -0.1) is 11.3 Å². The fraction of sp³-hybridized carbons (Fsp3) is 0.185. The van der Waals surface area contributed by atoms with Gasteiger partial charge in [-0.3, -0.25) is 9.59 Å². The largest absolute Gasteiger partial charge is 0.464 e. The van der Waals surface area contributed by atoms with Crippen LogP contribution in [0, 0.1) is 6.92 Å². The van der Waals surface area contributed by atoms with Crippen molar-refractivity contribution in [2.45, 2.75) is 31.7 Å². The van der Waals surface area contributed by atoms with Crippen LogP contribution in [-0.4, -0.2) is 5.78 Å². The van der Waals surface area contributed by atoms with Gasteiger partial charge in [0.2, 0.25) is 0 Å². The Kier molecular flexibility index (Phi) is 4.69. The van der Waals surface area contributed by atoms with E-state index in [1.54, 1.807) is 11.3 Å². The molecular formula is C27H22N2O3S. The van der Waals surface area contributed by atoms with Gasteiger partial charge in [-0.2, -0.15) is 0 Å². The number of thiophene rings is 1. The summed E-state index contributed by atoms with van der Waals surface area (Å²) in [5.74, 6) is 0.182. The highest BCUT2D eigenvalue weighted by Crippen LogP contribution is 2.44. The van der Waals surface area contributed by atoms with E-state index in [-0.39, 0.29) is 17.1 Å². The number of carbonyl (C=O) groups is 1. The fourth-order valence-electron chi connectivity index (χ4n) is 4.91. The van der Waals surface area contributed by atoms with Gasteiger partial charge in [0, 0.05) is 28.5 Å². The first-order valence-electron chi connectivity index (χ1n) is 11.0. The maximum absolute atomic E-state index is 13.6. The molecule has 0 saturated carbocycles. The number of ketones is 1. The molecule has 164 valence electrons. The molecule has 2 N–H and O–H groups in total. The molecule has 0 amide bonds. The van der Waals surface area contributed by atoms with E-state index < -0.39 is 6.04 Å². The Morgan fingerprint density at radius 2 is 1.85 bits per heavy atom. The molecule has 3 heterocycles. The first-order valence-corrected chi connectivity index (χ1v) is 11.9. The van der Waals surface area contributed by atoms with Crippen LogP contribution in [0.25, 0.3) is 11.0 Å². The number of para-hydroxylation sites is 2. The molecule has 33 heavy (non-hydrogen) atoms. The second kappa shape index (κ2) is 7.74. The molecule has 0 spiro atoms. The number of hydrogen-bond donors (Lipinski definition) is 2. The van der Waals surface area contributed by atoms with Crippen molar-refractivity contribution < 1.29 is 9.21 Å². The molecule has 0 bridgehead atoms. The lowest BCUT2D eigenvalue weighted by molar-refractivity contribution is -0.116. The van der Waals surface area contributed by atoms with E-state index in [9.17, 15) is 9.59 Å². The van der Waals surface area contributed by atoms with Gasteiger partial charge in [-0.25, -0.2) is 0 Å². The molecule has 1 aliphatic heterocycles. The van der Waals surface area contributed by atoms with Gasteiger partial charge in [0.25, 0.3) is 0 Å². The summed E-state index contributed by atoms with van der Waals surface area (Å²) in [6.45, 7) is 1.95. The van der Waals surface area contributed by atoms with Gasteiger partial charge >= 0.3 is 0 Å². The van der Waals surface area contributed by atoms with Gasteiger partial charge < -0.3 is 15.1 Å². The van der Waals surface area contributed by atoms with E-state index in [0.717, 1.165) is 22.6 Å². The smallest absolute Gasteiger partial charge is 0.198 e. The monoisotopic (exact) mass is 454 g/mol. The second-order valence-electron chi connectivity index (χ2n) is 8.70. The minimum absolute atomic E-state index is 0.0520. The number of allylic oxidation sites excluding steroid dienone is 1. The summed E-state index contributed by atoms with van der Waals surface area (Å²) in [7, 11) is 0.